The Morgan fingerprint density at radius 2 is 2.11 bits per heavy atom. The summed E-state index contributed by atoms with van der Waals surface area (Å²) in [5, 5.41) is 9.06. The third-order valence-electron chi connectivity index (χ3n) is 2.54. The van der Waals surface area contributed by atoms with Crippen molar-refractivity contribution in [2.24, 2.45) is 0 Å². The molecule has 1 aromatic heterocycles. The van der Waals surface area contributed by atoms with Crippen molar-refractivity contribution in [3.05, 3.63) is 30.0 Å². The van der Waals surface area contributed by atoms with Crippen molar-refractivity contribution in [2.75, 3.05) is 12.3 Å². The van der Waals surface area contributed by atoms with Crippen molar-refractivity contribution in [3.63, 3.8) is 0 Å². The van der Waals surface area contributed by atoms with Gasteiger partial charge in [0.25, 0.3) is 0 Å². The molecular formula is C13H15N3O3. The molecule has 6 nitrogen and oxygen atoms in total. The number of aromatic amines is 1. The van der Waals surface area contributed by atoms with Crippen molar-refractivity contribution in [1.29, 1.82) is 0 Å². The van der Waals surface area contributed by atoms with E-state index < -0.39 is 5.97 Å². The molecule has 0 aliphatic heterocycles. The highest BCUT2D eigenvalue weighted by Crippen LogP contribution is 2.24. The summed E-state index contributed by atoms with van der Waals surface area (Å²) < 4.78 is 5.46. The molecule has 0 saturated carbocycles. The number of imidazole rings is 1. The van der Waals surface area contributed by atoms with Gasteiger partial charge in [0.2, 0.25) is 0 Å². The van der Waals surface area contributed by atoms with Crippen molar-refractivity contribution >= 4 is 11.9 Å². The number of anilines is 1. The second-order valence-electron chi connectivity index (χ2n) is 4.02. The Bertz CT molecular complexity index is 575. The monoisotopic (exact) mass is 261 g/mol. The lowest BCUT2D eigenvalue weighted by molar-refractivity contribution is 0.0692. The number of nitrogens with zero attached hydrogens (tertiary/aromatic N) is 1. The van der Waals surface area contributed by atoms with Gasteiger partial charge in [-0.1, -0.05) is 6.92 Å². The minimum atomic E-state index is -1.09. The van der Waals surface area contributed by atoms with Gasteiger partial charge in [-0.3, -0.25) is 0 Å². The molecule has 19 heavy (non-hydrogen) atoms. The first-order valence-corrected chi connectivity index (χ1v) is 5.93. The number of carboxylic acids is 1. The molecule has 0 bridgehead atoms. The zero-order chi connectivity index (χ0) is 13.8. The predicted octanol–water partition coefficient (Wildman–Crippen LogP) is 2.15. The van der Waals surface area contributed by atoms with Crippen LogP contribution >= 0.6 is 0 Å². The van der Waals surface area contributed by atoms with Crippen molar-refractivity contribution in [3.8, 4) is 17.0 Å². The van der Waals surface area contributed by atoms with E-state index in [1.54, 1.807) is 24.3 Å². The molecule has 0 atom stereocenters. The van der Waals surface area contributed by atoms with Gasteiger partial charge in [0.15, 0.2) is 11.6 Å². The SMILES string of the molecule is CCCOc1ccc(-c2nc(N)[nH]c2C(=O)O)cc1. The number of hydrogen-bond acceptors (Lipinski definition) is 4. The van der Waals surface area contributed by atoms with E-state index in [4.69, 9.17) is 15.6 Å². The molecule has 4 N–H and O–H groups in total. The van der Waals surface area contributed by atoms with E-state index in [-0.39, 0.29) is 11.6 Å². The highest BCUT2D eigenvalue weighted by Gasteiger charge is 2.16. The minimum Gasteiger partial charge on any atom is -0.494 e. The first kappa shape index (κ1) is 12.9. The quantitative estimate of drug-likeness (QED) is 0.765. The lowest BCUT2D eigenvalue weighted by atomic mass is 10.1. The first-order chi connectivity index (χ1) is 9.11. The van der Waals surface area contributed by atoms with Crippen LogP contribution in [-0.4, -0.2) is 27.7 Å². The second-order valence-corrected chi connectivity index (χ2v) is 4.02. The number of ether oxygens (including phenoxy) is 1. The Morgan fingerprint density at radius 3 is 2.68 bits per heavy atom. The van der Waals surface area contributed by atoms with Crippen LogP contribution in [-0.2, 0) is 0 Å². The first-order valence-electron chi connectivity index (χ1n) is 5.93. The summed E-state index contributed by atoms with van der Waals surface area (Å²) in [6.07, 6.45) is 0.931. The highest BCUT2D eigenvalue weighted by molar-refractivity contribution is 5.93. The molecule has 0 spiro atoms. The van der Waals surface area contributed by atoms with Crippen LogP contribution in [0.2, 0.25) is 0 Å². The van der Waals surface area contributed by atoms with Gasteiger partial charge in [-0.05, 0) is 30.7 Å². The van der Waals surface area contributed by atoms with Crippen LogP contribution in [0.15, 0.2) is 24.3 Å². The summed E-state index contributed by atoms with van der Waals surface area (Å²) in [4.78, 5) is 17.6. The van der Waals surface area contributed by atoms with Gasteiger partial charge >= 0.3 is 5.97 Å². The van der Waals surface area contributed by atoms with Crippen LogP contribution in [0.25, 0.3) is 11.3 Å². The topological polar surface area (TPSA) is 101 Å². The van der Waals surface area contributed by atoms with E-state index in [1.807, 2.05) is 6.92 Å². The number of nitrogen functional groups attached to an aromatic ring is 1. The number of nitrogens with two attached hydrogens (primary N) is 1. The summed E-state index contributed by atoms with van der Waals surface area (Å²) >= 11 is 0. The number of aromatic nitrogens is 2. The highest BCUT2D eigenvalue weighted by atomic mass is 16.5. The normalized spacial score (nSPS) is 10.4. The Balaban J connectivity index is 2.29. The number of aromatic carboxylic acids is 1. The minimum absolute atomic E-state index is 0.0141. The molecule has 2 rings (SSSR count). The summed E-state index contributed by atoms with van der Waals surface area (Å²) in [7, 11) is 0. The third-order valence-corrected chi connectivity index (χ3v) is 2.54. The second kappa shape index (κ2) is 5.43. The number of hydrogen-bond donors (Lipinski definition) is 3. The molecule has 1 aromatic carbocycles. The predicted molar refractivity (Wildman–Crippen MR) is 71.2 cm³/mol. The van der Waals surface area contributed by atoms with Crippen LogP contribution in [0.1, 0.15) is 23.8 Å². The molecule has 1 heterocycles. The Kier molecular flexibility index (Phi) is 3.70. The number of carboxylic acid groups (broad SMARTS) is 1. The van der Waals surface area contributed by atoms with Gasteiger partial charge in [-0.2, -0.15) is 0 Å². The summed E-state index contributed by atoms with van der Waals surface area (Å²) in [6, 6.07) is 7.07. The van der Waals surface area contributed by atoms with Gasteiger partial charge in [0.05, 0.1) is 6.61 Å². The molecule has 0 aliphatic rings. The molecule has 100 valence electrons. The van der Waals surface area contributed by atoms with E-state index >= 15 is 0 Å². The third kappa shape index (κ3) is 2.85. The molecule has 0 radical (unpaired) electrons. The standard InChI is InChI=1S/C13H15N3O3/c1-2-7-19-9-5-3-8(4-6-9)10-11(12(17)18)16-13(14)15-10/h3-6H,2,7H2,1H3,(H,17,18)(H3,14,15,16). The Morgan fingerprint density at radius 1 is 1.42 bits per heavy atom. The molecular weight excluding hydrogens is 246 g/mol. The van der Waals surface area contributed by atoms with Gasteiger partial charge < -0.3 is 20.6 Å². The van der Waals surface area contributed by atoms with Crippen molar-refractivity contribution in [1.82, 2.24) is 9.97 Å². The fraction of sp³-hybridized carbons (Fsp3) is 0.231. The zero-order valence-electron chi connectivity index (χ0n) is 10.5. The molecule has 0 fully saturated rings. The maximum absolute atomic E-state index is 11.1. The van der Waals surface area contributed by atoms with Gasteiger partial charge in [0, 0.05) is 5.56 Å². The summed E-state index contributed by atoms with van der Waals surface area (Å²) in [6.45, 7) is 2.68. The number of H-pyrrole nitrogens is 1. The lowest BCUT2D eigenvalue weighted by Crippen LogP contribution is -1.99. The van der Waals surface area contributed by atoms with Gasteiger partial charge in [0.1, 0.15) is 11.4 Å². The number of rotatable bonds is 5. The zero-order valence-corrected chi connectivity index (χ0v) is 10.5. The fourth-order valence-electron chi connectivity index (χ4n) is 1.68. The van der Waals surface area contributed by atoms with Gasteiger partial charge in [-0.15, -0.1) is 0 Å². The average molecular weight is 261 g/mol. The Labute approximate surface area is 110 Å². The van der Waals surface area contributed by atoms with Crippen molar-refractivity contribution < 1.29 is 14.6 Å². The maximum Gasteiger partial charge on any atom is 0.354 e. The van der Waals surface area contributed by atoms with Crippen LogP contribution in [0.3, 0.4) is 0 Å². The van der Waals surface area contributed by atoms with E-state index in [1.165, 1.54) is 0 Å². The van der Waals surface area contributed by atoms with Crippen molar-refractivity contribution in [2.45, 2.75) is 13.3 Å². The van der Waals surface area contributed by atoms with Crippen LogP contribution < -0.4 is 10.5 Å². The summed E-state index contributed by atoms with van der Waals surface area (Å²) in [5.74, 6) is -0.268. The number of nitrogens with one attached hydrogen (secondary N) is 1. The van der Waals surface area contributed by atoms with E-state index in [2.05, 4.69) is 9.97 Å². The van der Waals surface area contributed by atoms with Gasteiger partial charge in [-0.25, -0.2) is 9.78 Å². The van der Waals surface area contributed by atoms with Crippen LogP contribution in [0.4, 0.5) is 5.95 Å². The molecule has 6 heteroatoms. The van der Waals surface area contributed by atoms with E-state index in [0.717, 1.165) is 12.2 Å². The van der Waals surface area contributed by atoms with Crippen LogP contribution in [0, 0.1) is 0 Å². The summed E-state index contributed by atoms with van der Waals surface area (Å²) in [5.41, 5.74) is 6.48. The smallest absolute Gasteiger partial charge is 0.354 e. The molecule has 0 saturated heterocycles. The maximum atomic E-state index is 11.1. The fourth-order valence-corrected chi connectivity index (χ4v) is 1.68. The Hall–Kier alpha value is -2.50. The number of carbonyl (C=O) groups is 1. The molecule has 0 unspecified atom stereocenters. The van der Waals surface area contributed by atoms with Crippen LogP contribution in [0.5, 0.6) is 5.75 Å². The number of benzene rings is 1. The largest absolute Gasteiger partial charge is 0.494 e. The molecule has 0 aliphatic carbocycles. The van der Waals surface area contributed by atoms with E-state index in [0.29, 0.717) is 17.9 Å². The molecule has 2 aromatic rings. The molecule has 0 amide bonds. The lowest BCUT2D eigenvalue weighted by Gasteiger charge is -2.05. The average Bonchev–Trinajstić information content (AvgIpc) is 2.79. The van der Waals surface area contributed by atoms with E-state index in [9.17, 15) is 4.79 Å².